The minimum Gasteiger partial charge on any atom is -0.489 e. The van der Waals surface area contributed by atoms with E-state index in [0.29, 0.717) is 11.3 Å². The standard InChI is InChI=1S/C19H17Cl2NO4/c1-24-19(23)18(22-25-2)16-6-4-3-5-14(16)12-26-15-9-7-13(8-10-15)11-17(20)21/h3-11H,12H2,1-2H3. The summed E-state index contributed by atoms with van der Waals surface area (Å²) in [6.07, 6.45) is 1.63. The molecule has 0 saturated heterocycles. The fourth-order valence-corrected chi connectivity index (χ4v) is 2.46. The number of rotatable bonds is 7. The fourth-order valence-electron chi connectivity index (χ4n) is 2.21. The molecule has 0 atom stereocenters. The fraction of sp³-hybridized carbons (Fsp3) is 0.158. The molecule has 0 unspecified atom stereocenters. The Bertz CT molecular complexity index is 813. The maximum atomic E-state index is 12.0. The summed E-state index contributed by atoms with van der Waals surface area (Å²) in [5.41, 5.74) is 2.28. The summed E-state index contributed by atoms with van der Waals surface area (Å²) in [6, 6.07) is 14.5. The molecule has 0 aliphatic rings. The average Bonchev–Trinajstić information content (AvgIpc) is 2.65. The van der Waals surface area contributed by atoms with Gasteiger partial charge >= 0.3 is 5.97 Å². The van der Waals surface area contributed by atoms with Crippen LogP contribution in [0.5, 0.6) is 5.75 Å². The Kier molecular flexibility index (Phi) is 7.51. The van der Waals surface area contributed by atoms with Crippen molar-refractivity contribution in [3.05, 3.63) is 69.7 Å². The Morgan fingerprint density at radius 1 is 1.08 bits per heavy atom. The molecule has 26 heavy (non-hydrogen) atoms. The van der Waals surface area contributed by atoms with Crippen LogP contribution in [0.3, 0.4) is 0 Å². The largest absolute Gasteiger partial charge is 0.489 e. The van der Waals surface area contributed by atoms with E-state index in [9.17, 15) is 4.79 Å². The number of hydrogen-bond donors (Lipinski definition) is 0. The molecule has 0 saturated carbocycles. The zero-order chi connectivity index (χ0) is 18.9. The minimum absolute atomic E-state index is 0.0754. The topological polar surface area (TPSA) is 57.1 Å². The third kappa shape index (κ3) is 5.51. The van der Waals surface area contributed by atoms with Gasteiger partial charge < -0.3 is 14.3 Å². The molecule has 0 fully saturated rings. The molecule has 0 spiro atoms. The van der Waals surface area contributed by atoms with Crippen LogP contribution >= 0.6 is 23.2 Å². The van der Waals surface area contributed by atoms with Crippen molar-refractivity contribution in [1.29, 1.82) is 0 Å². The van der Waals surface area contributed by atoms with Crippen molar-refractivity contribution < 1.29 is 19.1 Å². The van der Waals surface area contributed by atoms with E-state index in [1.54, 1.807) is 30.3 Å². The summed E-state index contributed by atoms with van der Waals surface area (Å²) in [5, 5.41) is 3.78. The first-order valence-electron chi connectivity index (χ1n) is 7.58. The molecule has 0 aromatic heterocycles. The molecule has 0 bridgehead atoms. The van der Waals surface area contributed by atoms with E-state index in [-0.39, 0.29) is 16.8 Å². The van der Waals surface area contributed by atoms with E-state index < -0.39 is 5.97 Å². The highest BCUT2D eigenvalue weighted by atomic mass is 35.5. The molecule has 5 nitrogen and oxygen atoms in total. The van der Waals surface area contributed by atoms with Gasteiger partial charge in [0.1, 0.15) is 24.0 Å². The molecule has 0 aliphatic heterocycles. The number of benzene rings is 2. The Labute approximate surface area is 161 Å². The van der Waals surface area contributed by atoms with E-state index in [4.69, 9.17) is 37.5 Å². The van der Waals surface area contributed by atoms with Crippen LogP contribution < -0.4 is 4.74 Å². The highest BCUT2D eigenvalue weighted by molar-refractivity contribution is 6.57. The van der Waals surface area contributed by atoms with Crippen molar-refractivity contribution >= 4 is 41.0 Å². The first kappa shape index (κ1) is 19.8. The molecule has 7 heteroatoms. The second-order valence-electron chi connectivity index (χ2n) is 5.06. The van der Waals surface area contributed by atoms with Gasteiger partial charge in [0, 0.05) is 5.56 Å². The molecular formula is C19H17Cl2NO4. The lowest BCUT2D eigenvalue weighted by molar-refractivity contribution is -0.132. The lowest BCUT2D eigenvalue weighted by Gasteiger charge is -2.12. The predicted molar refractivity (Wildman–Crippen MR) is 102 cm³/mol. The van der Waals surface area contributed by atoms with Crippen LogP contribution in [0.25, 0.3) is 6.08 Å². The van der Waals surface area contributed by atoms with Crippen molar-refractivity contribution in [1.82, 2.24) is 0 Å². The highest BCUT2D eigenvalue weighted by Crippen LogP contribution is 2.20. The van der Waals surface area contributed by atoms with Crippen molar-refractivity contribution in [3.63, 3.8) is 0 Å². The normalized spacial score (nSPS) is 10.8. The van der Waals surface area contributed by atoms with Crippen molar-refractivity contribution in [2.75, 3.05) is 14.2 Å². The van der Waals surface area contributed by atoms with Gasteiger partial charge in [-0.05, 0) is 29.3 Å². The van der Waals surface area contributed by atoms with Crippen LogP contribution in [0, 0.1) is 0 Å². The van der Waals surface area contributed by atoms with Crippen molar-refractivity contribution in [2.24, 2.45) is 5.16 Å². The van der Waals surface area contributed by atoms with Gasteiger partial charge in [-0.3, -0.25) is 0 Å². The third-order valence-corrected chi connectivity index (χ3v) is 3.60. The lowest BCUT2D eigenvalue weighted by Crippen LogP contribution is -2.19. The molecule has 0 amide bonds. The van der Waals surface area contributed by atoms with Gasteiger partial charge in [-0.2, -0.15) is 0 Å². The van der Waals surface area contributed by atoms with Gasteiger partial charge in [-0.15, -0.1) is 0 Å². The van der Waals surface area contributed by atoms with Gasteiger partial charge in [-0.1, -0.05) is 64.8 Å². The molecule has 0 radical (unpaired) electrons. The minimum atomic E-state index is -0.589. The first-order valence-corrected chi connectivity index (χ1v) is 8.34. The van der Waals surface area contributed by atoms with E-state index in [1.165, 1.54) is 14.2 Å². The summed E-state index contributed by atoms with van der Waals surface area (Å²) < 4.78 is 10.7. The zero-order valence-corrected chi connectivity index (χ0v) is 15.8. The van der Waals surface area contributed by atoms with Crippen LogP contribution in [-0.4, -0.2) is 25.9 Å². The number of carbonyl (C=O) groups excluding carboxylic acids is 1. The van der Waals surface area contributed by atoms with E-state index in [1.807, 2.05) is 24.3 Å². The van der Waals surface area contributed by atoms with Crippen LogP contribution in [0.2, 0.25) is 0 Å². The molecule has 0 aliphatic carbocycles. The SMILES string of the molecule is CON=C(C(=O)OC)c1ccccc1COc1ccc(C=C(Cl)Cl)cc1. The van der Waals surface area contributed by atoms with Crippen LogP contribution in [0.15, 0.2) is 58.2 Å². The van der Waals surface area contributed by atoms with Gasteiger partial charge in [0.05, 0.1) is 7.11 Å². The quantitative estimate of drug-likeness (QED) is 0.392. The number of oxime groups is 1. The highest BCUT2D eigenvalue weighted by Gasteiger charge is 2.19. The number of nitrogens with zero attached hydrogens (tertiary/aromatic N) is 1. The maximum Gasteiger partial charge on any atom is 0.360 e. The Balaban J connectivity index is 2.19. The smallest absolute Gasteiger partial charge is 0.360 e. The lowest BCUT2D eigenvalue weighted by atomic mass is 10.0. The number of carbonyl (C=O) groups is 1. The van der Waals surface area contributed by atoms with Gasteiger partial charge in [0.25, 0.3) is 0 Å². The van der Waals surface area contributed by atoms with Crippen LogP contribution in [0.4, 0.5) is 0 Å². The number of halogens is 2. The number of ether oxygens (including phenoxy) is 2. The van der Waals surface area contributed by atoms with E-state index >= 15 is 0 Å². The number of methoxy groups -OCH3 is 1. The molecule has 2 rings (SSSR count). The summed E-state index contributed by atoms with van der Waals surface area (Å²) in [4.78, 5) is 16.7. The summed E-state index contributed by atoms with van der Waals surface area (Å²) >= 11 is 11.3. The van der Waals surface area contributed by atoms with Gasteiger partial charge in [0.2, 0.25) is 0 Å². The van der Waals surface area contributed by atoms with E-state index in [2.05, 4.69) is 5.16 Å². The average molecular weight is 394 g/mol. The maximum absolute atomic E-state index is 12.0. The van der Waals surface area contributed by atoms with Gasteiger partial charge in [-0.25, -0.2) is 4.79 Å². The third-order valence-electron chi connectivity index (χ3n) is 3.38. The summed E-state index contributed by atoms with van der Waals surface area (Å²) in [7, 11) is 2.65. The number of esters is 1. The van der Waals surface area contributed by atoms with Crippen LogP contribution in [-0.2, 0) is 21.0 Å². The number of hydrogen-bond acceptors (Lipinski definition) is 5. The molecule has 2 aromatic carbocycles. The van der Waals surface area contributed by atoms with Gasteiger partial charge in [0.15, 0.2) is 5.71 Å². The van der Waals surface area contributed by atoms with Crippen molar-refractivity contribution in [2.45, 2.75) is 6.61 Å². The molecule has 136 valence electrons. The predicted octanol–water partition coefficient (Wildman–Crippen LogP) is 4.57. The Morgan fingerprint density at radius 2 is 1.77 bits per heavy atom. The monoisotopic (exact) mass is 393 g/mol. The zero-order valence-electron chi connectivity index (χ0n) is 14.2. The summed E-state index contributed by atoms with van der Waals surface area (Å²) in [6.45, 7) is 0.237. The summed E-state index contributed by atoms with van der Waals surface area (Å²) in [5.74, 6) is 0.0688. The van der Waals surface area contributed by atoms with Crippen molar-refractivity contribution in [3.8, 4) is 5.75 Å². The molecule has 0 N–H and O–H groups in total. The van der Waals surface area contributed by atoms with Crippen LogP contribution in [0.1, 0.15) is 16.7 Å². The Morgan fingerprint density at radius 3 is 2.38 bits per heavy atom. The molecule has 2 aromatic rings. The first-order chi connectivity index (χ1) is 12.5. The second kappa shape index (κ2) is 9.85. The molecule has 0 heterocycles. The molecular weight excluding hydrogens is 377 g/mol. The second-order valence-corrected chi connectivity index (χ2v) is 6.07. The Hall–Kier alpha value is -2.50. The van der Waals surface area contributed by atoms with E-state index in [0.717, 1.165) is 11.1 Å².